The van der Waals surface area contributed by atoms with E-state index in [1.807, 2.05) is 12.1 Å². The quantitative estimate of drug-likeness (QED) is 0.421. The summed E-state index contributed by atoms with van der Waals surface area (Å²) in [5, 5.41) is 20.2. The first-order chi connectivity index (χ1) is 16.4. The predicted molar refractivity (Wildman–Crippen MR) is 120 cm³/mol. The number of rotatable bonds is 6. The van der Waals surface area contributed by atoms with E-state index >= 15 is 0 Å². The van der Waals surface area contributed by atoms with Gasteiger partial charge < -0.3 is 10.1 Å². The maximum absolute atomic E-state index is 13.2. The zero-order valence-corrected chi connectivity index (χ0v) is 18.5. The van der Waals surface area contributed by atoms with Gasteiger partial charge in [-0.1, -0.05) is 29.8 Å². The van der Waals surface area contributed by atoms with Crippen LogP contribution in [0.4, 0.5) is 10.2 Å². The van der Waals surface area contributed by atoms with Gasteiger partial charge in [0.25, 0.3) is 5.91 Å². The van der Waals surface area contributed by atoms with Gasteiger partial charge in [0.2, 0.25) is 0 Å². The number of nitrogens with one attached hydrogen (secondary N) is 1. The smallest absolute Gasteiger partial charge is 0.343 e. The fourth-order valence-electron chi connectivity index (χ4n) is 3.17. The zero-order valence-electron chi connectivity index (χ0n) is 17.7. The highest BCUT2D eigenvalue weighted by Gasteiger charge is 2.24. The molecule has 2 heterocycles. The van der Waals surface area contributed by atoms with Crippen molar-refractivity contribution in [1.82, 2.24) is 19.6 Å². The molecule has 0 aliphatic carbocycles. The number of benzene rings is 2. The molecule has 0 fully saturated rings. The number of para-hydroxylation sites is 1. The van der Waals surface area contributed by atoms with Crippen LogP contribution in [0.3, 0.4) is 0 Å². The average Bonchev–Trinajstić information content (AvgIpc) is 3.38. The number of carbonyl (C=O) groups is 2. The first-order valence-corrected chi connectivity index (χ1v) is 10.3. The molecule has 0 saturated carbocycles. The number of nitrogens with zero attached hydrogens (tertiary/aromatic N) is 5. The van der Waals surface area contributed by atoms with Crippen LogP contribution in [0.5, 0.6) is 0 Å². The Labute approximate surface area is 197 Å². The van der Waals surface area contributed by atoms with Crippen LogP contribution >= 0.6 is 11.6 Å². The van der Waals surface area contributed by atoms with Crippen LogP contribution in [0.1, 0.15) is 21.6 Å². The number of esters is 1. The molecule has 0 bridgehead atoms. The summed E-state index contributed by atoms with van der Waals surface area (Å²) in [6.07, 6.45) is 1.32. The molecule has 0 unspecified atom stereocenters. The lowest BCUT2D eigenvalue weighted by Crippen LogP contribution is -2.23. The van der Waals surface area contributed by atoms with Crippen LogP contribution in [-0.2, 0) is 9.53 Å². The van der Waals surface area contributed by atoms with Crippen molar-refractivity contribution >= 4 is 29.3 Å². The van der Waals surface area contributed by atoms with Gasteiger partial charge in [-0.15, -0.1) is 0 Å². The summed E-state index contributed by atoms with van der Waals surface area (Å²) in [6, 6.07) is 16.3. The lowest BCUT2D eigenvalue weighted by Gasteiger charge is -2.10. The molecule has 4 aromatic rings. The number of nitriles is 1. The first kappa shape index (κ1) is 22.7. The lowest BCUT2D eigenvalue weighted by atomic mass is 10.2. The Morgan fingerprint density at radius 1 is 1.12 bits per heavy atom. The largest absolute Gasteiger partial charge is 0.452 e. The number of hydrogen-bond donors (Lipinski definition) is 1. The highest BCUT2D eigenvalue weighted by Crippen LogP contribution is 2.25. The lowest BCUT2D eigenvalue weighted by molar-refractivity contribution is -0.119. The number of halogens is 2. The molecule has 4 rings (SSSR count). The molecule has 0 atom stereocenters. The van der Waals surface area contributed by atoms with Gasteiger partial charge in [-0.05, 0) is 43.3 Å². The van der Waals surface area contributed by atoms with Crippen LogP contribution in [0, 0.1) is 24.1 Å². The number of aryl methyl sites for hydroxylation is 1. The fraction of sp³-hybridized carbons (Fsp3) is 0.0870. The van der Waals surface area contributed by atoms with Gasteiger partial charge in [0.05, 0.1) is 23.3 Å². The maximum Gasteiger partial charge on any atom is 0.343 e. The van der Waals surface area contributed by atoms with E-state index in [1.54, 1.807) is 31.2 Å². The van der Waals surface area contributed by atoms with Gasteiger partial charge in [0, 0.05) is 0 Å². The topological polar surface area (TPSA) is 115 Å². The van der Waals surface area contributed by atoms with Crippen LogP contribution in [-0.4, -0.2) is 38.0 Å². The maximum atomic E-state index is 13.2. The highest BCUT2D eigenvalue weighted by atomic mass is 35.5. The third-order valence-electron chi connectivity index (χ3n) is 4.76. The van der Waals surface area contributed by atoms with E-state index in [4.69, 9.17) is 16.3 Å². The summed E-state index contributed by atoms with van der Waals surface area (Å²) in [7, 11) is 0. The van der Waals surface area contributed by atoms with E-state index in [2.05, 4.69) is 15.5 Å². The van der Waals surface area contributed by atoms with Gasteiger partial charge in [-0.3, -0.25) is 4.79 Å². The minimum atomic E-state index is -0.858. The summed E-state index contributed by atoms with van der Waals surface area (Å²) in [5.41, 5.74) is 1.47. The summed E-state index contributed by atoms with van der Waals surface area (Å²) >= 11 is 6.32. The van der Waals surface area contributed by atoms with Crippen LogP contribution < -0.4 is 5.32 Å². The minimum absolute atomic E-state index is 0.0224. The molecule has 2 aromatic heterocycles. The second-order valence-corrected chi connectivity index (χ2v) is 7.39. The Morgan fingerprint density at radius 2 is 1.79 bits per heavy atom. The molecule has 34 heavy (non-hydrogen) atoms. The zero-order chi connectivity index (χ0) is 24.2. The Kier molecular flexibility index (Phi) is 6.38. The summed E-state index contributed by atoms with van der Waals surface area (Å²) < 4.78 is 21.0. The van der Waals surface area contributed by atoms with Crippen LogP contribution in [0.25, 0.3) is 11.4 Å². The molecular weight excluding hydrogens is 463 g/mol. The van der Waals surface area contributed by atoms with E-state index in [0.717, 1.165) is 0 Å². The van der Waals surface area contributed by atoms with Crippen molar-refractivity contribution in [2.24, 2.45) is 0 Å². The molecule has 0 radical (unpaired) electrons. The molecule has 1 amide bonds. The molecule has 11 heteroatoms. The van der Waals surface area contributed by atoms with Crippen LogP contribution in [0.15, 0.2) is 60.8 Å². The Bertz CT molecular complexity index is 1410. The summed E-state index contributed by atoms with van der Waals surface area (Å²) in [4.78, 5) is 25.1. The number of hydrogen-bond acceptors (Lipinski definition) is 6. The molecule has 2 aromatic carbocycles. The van der Waals surface area contributed by atoms with Crippen molar-refractivity contribution in [2.75, 3.05) is 11.9 Å². The Hall–Kier alpha value is -4.49. The summed E-state index contributed by atoms with van der Waals surface area (Å²) in [6.45, 7) is 0.918. The van der Waals surface area contributed by atoms with Gasteiger partial charge in [-0.2, -0.15) is 15.5 Å². The molecule has 0 aliphatic heterocycles. The predicted octanol–water partition coefficient (Wildman–Crippen LogP) is 3.83. The number of amides is 1. The number of aromatic nitrogens is 4. The second-order valence-electron chi connectivity index (χ2n) is 7.03. The molecule has 1 N–H and O–H groups in total. The average molecular weight is 479 g/mol. The van der Waals surface area contributed by atoms with E-state index in [-0.39, 0.29) is 27.8 Å². The molecule has 9 nitrogen and oxygen atoms in total. The summed E-state index contributed by atoms with van der Waals surface area (Å²) in [5.74, 6) is -1.82. The van der Waals surface area contributed by atoms with Crippen LogP contribution in [0.2, 0.25) is 5.15 Å². The van der Waals surface area contributed by atoms with Crippen molar-refractivity contribution in [3.8, 4) is 17.4 Å². The Morgan fingerprint density at radius 3 is 2.47 bits per heavy atom. The third-order valence-corrected chi connectivity index (χ3v) is 5.11. The minimum Gasteiger partial charge on any atom is -0.452 e. The standard InChI is InChI=1S/C23H16ClFN6O3/c1-14-20(21(24)30(29-14)18-9-7-16(25)8-10-18)23(33)34-13-19(32)28-22-15(11-26)12-27-31(22)17-5-3-2-4-6-17/h2-10,12H,13H2,1H3,(H,28,32). The van der Waals surface area contributed by atoms with E-state index in [1.165, 1.54) is 39.8 Å². The van der Waals surface area contributed by atoms with E-state index in [9.17, 15) is 19.2 Å². The van der Waals surface area contributed by atoms with Gasteiger partial charge >= 0.3 is 5.97 Å². The molecule has 0 aliphatic rings. The monoisotopic (exact) mass is 478 g/mol. The van der Waals surface area contributed by atoms with E-state index < -0.39 is 24.3 Å². The molecule has 0 spiro atoms. The molecule has 0 saturated heterocycles. The van der Waals surface area contributed by atoms with Crippen molar-refractivity contribution in [3.05, 3.63) is 88.6 Å². The van der Waals surface area contributed by atoms with Crippen molar-refractivity contribution in [3.63, 3.8) is 0 Å². The molecule has 170 valence electrons. The number of ether oxygens (including phenoxy) is 1. The highest BCUT2D eigenvalue weighted by molar-refractivity contribution is 6.33. The van der Waals surface area contributed by atoms with Crippen molar-refractivity contribution in [1.29, 1.82) is 5.26 Å². The number of anilines is 1. The number of carbonyl (C=O) groups excluding carboxylic acids is 2. The van der Waals surface area contributed by atoms with Crippen molar-refractivity contribution in [2.45, 2.75) is 6.92 Å². The first-order valence-electron chi connectivity index (χ1n) is 9.90. The Balaban J connectivity index is 1.48. The van der Waals surface area contributed by atoms with Crippen molar-refractivity contribution < 1.29 is 18.7 Å². The van der Waals surface area contributed by atoms with Gasteiger partial charge in [-0.25, -0.2) is 18.5 Å². The van der Waals surface area contributed by atoms with Gasteiger partial charge in [0.15, 0.2) is 12.4 Å². The molecular formula is C23H16ClFN6O3. The normalized spacial score (nSPS) is 10.5. The SMILES string of the molecule is Cc1nn(-c2ccc(F)cc2)c(Cl)c1C(=O)OCC(=O)Nc1c(C#N)cnn1-c1ccccc1. The second kappa shape index (κ2) is 9.56. The third kappa shape index (κ3) is 4.51. The fourth-order valence-corrected chi connectivity index (χ4v) is 3.52. The van der Waals surface area contributed by atoms with Gasteiger partial charge in [0.1, 0.15) is 28.2 Å². The van der Waals surface area contributed by atoms with E-state index in [0.29, 0.717) is 11.4 Å².